The van der Waals surface area contributed by atoms with Crippen LogP contribution < -0.4 is 10.0 Å². The molecule has 0 aliphatic carbocycles. The van der Waals surface area contributed by atoms with Crippen LogP contribution in [0.4, 0.5) is 10.1 Å². The number of carbonyl (C=O) groups is 2. The number of halogens is 2. The van der Waals surface area contributed by atoms with Crippen LogP contribution in [0.1, 0.15) is 31.8 Å². The molecule has 156 valence electrons. The van der Waals surface area contributed by atoms with Crippen LogP contribution in [0.25, 0.3) is 6.08 Å². The third kappa shape index (κ3) is 4.55. The summed E-state index contributed by atoms with van der Waals surface area (Å²) in [5, 5.41) is 2.73. The number of Topliss-reactive ketones (excluding diaryl/α,β-unsaturated/α-hetero) is 1. The van der Waals surface area contributed by atoms with E-state index in [9.17, 15) is 18.2 Å². The maximum absolute atomic E-state index is 13.7. The molecule has 1 aliphatic heterocycles. The Labute approximate surface area is 184 Å². The molecule has 9 heteroatoms. The smallest absolute Gasteiger partial charge is 0.251 e. The molecule has 1 aliphatic rings. The quantitative estimate of drug-likeness (QED) is 0.579. The van der Waals surface area contributed by atoms with Gasteiger partial charge in [-0.3, -0.25) is 14.6 Å². The molecule has 31 heavy (non-hydrogen) atoms. The van der Waals surface area contributed by atoms with E-state index in [1.165, 1.54) is 30.3 Å². The number of nitrogens with one attached hydrogen (secondary N) is 2. The number of ketones is 1. The second-order valence-corrected chi connectivity index (χ2v) is 8.27. The van der Waals surface area contributed by atoms with Crippen LogP contribution in [0.5, 0.6) is 0 Å². The van der Waals surface area contributed by atoms with E-state index in [4.69, 9.17) is 11.6 Å². The second-order valence-electron chi connectivity index (χ2n) is 6.68. The van der Waals surface area contributed by atoms with E-state index < -0.39 is 22.6 Å². The van der Waals surface area contributed by atoms with Crippen LogP contribution in [0.3, 0.4) is 0 Å². The predicted molar refractivity (Wildman–Crippen MR) is 117 cm³/mol. The van der Waals surface area contributed by atoms with Crippen molar-refractivity contribution in [2.45, 2.75) is 6.54 Å². The monoisotopic (exact) mass is 455 g/mol. The van der Waals surface area contributed by atoms with Crippen molar-refractivity contribution in [2.75, 3.05) is 4.72 Å². The van der Waals surface area contributed by atoms with Crippen molar-refractivity contribution < 1.29 is 18.2 Å². The van der Waals surface area contributed by atoms with Gasteiger partial charge in [0.2, 0.25) is 5.78 Å². The number of carbonyl (C=O) groups excluding carboxylic acids is 2. The molecule has 0 saturated heterocycles. The number of benzene rings is 2. The van der Waals surface area contributed by atoms with E-state index in [2.05, 4.69) is 15.0 Å². The highest BCUT2D eigenvalue weighted by Gasteiger charge is 2.28. The van der Waals surface area contributed by atoms with Gasteiger partial charge in [-0.15, -0.1) is 0 Å². The molecule has 3 aromatic rings. The van der Waals surface area contributed by atoms with Crippen LogP contribution in [0.2, 0.25) is 5.02 Å². The maximum Gasteiger partial charge on any atom is 0.251 e. The number of allylic oxidation sites excluding steroid dienone is 1. The first-order chi connectivity index (χ1) is 14.9. The third-order valence-electron chi connectivity index (χ3n) is 4.60. The summed E-state index contributed by atoms with van der Waals surface area (Å²) in [7, 11) is -1.83. The van der Waals surface area contributed by atoms with E-state index >= 15 is 0 Å². The second kappa shape index (κ2) is 8.79. The largest absolute Gasteiger partial charge is 0.348 e. The van der Waals surface area contributed by atoms with E-state index in [-0.39, 0.29) is 27.0 Å². The van der Waals surface area contributed by atoms with Crippen molar-refractivity contribution >= 4 is 46.0 Å². The highest BCUT2D eigenvalue weighted by Crippen LogP contribution is 2.30. The van der Waals surface area contributed by atoms with Gasteiger partial charge in [-0.1, -0.05) is 17.7 Å². The van der Waals surface area contributed by atoms with E-state index in [0.29, 0.717) is 17.8 Å². The van der Waals surface area contributed by atoms with Gasteiger partial charge in [0, 0.05) is 30.1 Å². The van der Waals surface area contributed by atoms with Gasteiger partial charge in [0.25, 0.3) is 5.91 Å². The van der Waals surface area contributed by atoms with Crippen molar-refractivity contribution in [1.82, 2.24) is 10.3 Å². The molecular weight excluding hydrogens is 441 g/mol. The van der Waals surface area contributed by atoms with Crippen molar-refractivity contribution in [1.29, 1.82) is 0 Å². The highest BCUT2D eigenvalue weighted by atomic mass is 35.5. The van der Waals surface area contributed by atoms with E-state index in [1.54, 1.807) is 30.6 Å². The molecule has 0 bridgehead atoms. The van der Waals surface area contributed by atoms with Gasteiger partial charge in [-0.05, 0) is 59.7 Å². The Balaban J connectivity index is 1.59. The van der Waals surface area contributed by atoms with Crippen molar-refractivity contribution in [3.63, 3.8) is 0 Å². The Bertz CT molecular complexity index is 1250. The van der Waals surface area contributed by atoms with Crippen molar-refractivity contribution in [2.24, 2.45) is 0 Å². The Morgan fingerprint density at radius 3 is 2.68 bits per heavy atom. The van der Waals surface area contributed by atoms with Gasteiger partial charge >= 0.3 is 0 Å². The van der Waals surface area contributed by atoms with E-state index in [0.717, 1.165) is 11.6 Å². The molecule has 0 radical (unpaired) electrons. The van der Waals surface area contributed by atoms with E-state index in [1.807, 2.05) is 0 Å². The Hall–Kier alpha value is -3.36. The molecule has 0 saturated carbocycles. The van der Waals surface area contributed by atoms with Crippen LogP contribution in [0.15, 0.2) is 65.8 Å². The first-order valence-electron chi connectivity index (χ1n) is 9.13. The number of pyridine rings is 1. The predicted octanol–water partition coefficient (Wildman–Crippen LogP) is 4.12. The standard InChI is InChI=1S/C22H15ClFN3O3S/c23-17-3-1-14(9-18(17)24)10-20-21(28)16-11-15(2-4-19(16)27-31(20)30)22(29)26-12-13-5-7-25-8-6-13/h1-11,27H,12H2,(H,26,29)/b20-10-. The highest BCUT2D eigenvalue weighted by molar-refractivity contribution is 7.91. The molecular formula is C22H15ClFN3O3S. The minimum absolute atomic E-state index is 0.0517. The number of aromatic nitrogens is 1. The zero-order chi connectivity index (χ0) is 22.0. The molecule has 2 aromatic carbocycles. The molecule has 1 atom stereocenters. The number of anilines is 1. The van der Waals surface area contributed by atoms with Gasteiger partial charge in [0.1, 0.15) is 10.7 Å². The fourth-order valence-corrected chi connectivity index (χ4v) is 4.12. The van der Waals surface area contributed by atoms with Gasteiger partial charge in [-0.25, -0.2) is 8.60 Å². The number of rotatable bonds is 4. The first kappa shape index (κ1) is 20.9. The molecule has 0 fully saturated rings. The lowest BCUT2D eigenvalue weighted by molar-refractivity contribution is 0.0951. The minimum Gasteiger partial charge on any atom is -0.348 e. The van der Waals surface area contributed by atoms with Crippen molar-refractivity contribution in [3.05, 3.63) is 98.9 Å². The summed E-state index contributed by atoms with van der Waals surface area (Å²) in [6.07, 6.45) is 4.60. The van der Waals surface area contributed by atoms with Gasteiger partial charge in [0.05, 0.1) is 10.7 Å². The van der Waals surface area contributed by atoms with Crippen LogP contribution in [-0.2, 0) is 17.5 Å². The summed E-state index contributed by atoms with van der Waals surface area (Å²) in [6.45, 7) is 0.307. The average molecular weight is 456 g/mol. The third-order valence-corrected chi connectivity index (χ3v) is 6.01. The lowest BCUT2D eigenvalue weighted by Crippen LogP contribution is -2.25. The summed E-state index contributed by atoms with van der Waals surface area (Å²) in [6, 6.07) is 12.1. The summed E-state index contributed by atoms with van der Waals surface area (Å²) in [4.78, 5) is 29.4. The number of nitrogens with zero attached hydrogens (tertiary/aromatic N) is 1. The fraction of sp³-hybridized carbons (Fsp3) is 0.0455. The summed E-state index contributed by atoms with van der Waals surface area (Å²) >= 11 is 5.68. The van der Waals surface area contributed by atoms with Crippen LogP contribution >= 0.6 is 11.6 Å². The zero-order valence-corrected chi connectivity index (χ0v) is 17.5. The normalized spacial score (nSPS) is 16.5. The zero-order valence-electron chi connectivity index (χ0n) is 15.9. The maximum atomic E-state index is 13.7. The molecule has 1 unspecified atom stereocenters. The van der Waals surface area contributed by atoms with Gasteiger partial charge in [0.15, 0.2) is 11.0 Å². The van der Waals surface area contributed by atoms with Gasteiger partial charge in [-0.2, -0.15) is 0 Å². The fourth-order valence-electron chi connectivity index (χ4n) is 2.99. The average Bonchev–Trinajstić information content (AvgIpc) is 2.78. The molecule has 2 heterocycles. The van der Waals surface area contributed by atoms with Crippen LogP contribution in [0, 0.1) is 5.82 Å². The molecule has 4 rings (SSSR count). The SMILES string of the molecule is O=C(NCc1ccncc1)c1ccc2c(c1)C(=O)/C(=C/c1ccc(Cl)c(F)c1)S(=O)N2. The lowest BCUT2D eigenvalue weighted by atomic mass is 10.0. The number of hydrogen-bond donors (Lipinski definition) is 2. The molecule has 1 aromatic heterocycles. The Morgan fingerprint density at radius 1 is 1.16 bits per heavy atom. The minimum atomic E-state index is -1.83. The number of amides is 1. The van der Waals surface area contributed by atoms with Crippen molar-refractivity contribution in [3.8, 4) is 0 Å². The Morgan fingerprint density at radius 2 is 1.94 bits per heavy atom. The molecule has 1 amide bonds. The van der Waals surface area contributed by atoms with Crippen LogP contribution in [-0.4, -0.2) is 20.9 Å². The molecule has 2 N–H and O–H groups in total. The number of hydrogen-bond acceptors (Lipinski definition) is 4. The number of fused-ring (bicyclic) bond motifs is 1. The molecule has 0 spiro atoms. The summed E-state index contributed by atoms with van der Waals surface area (Å²) < 4.78 is 29.0. The first-order valence-corrected chi connectivity index (χ1v) is 10.7. The Kier molecular flexibility index (Phi) is 5.92. The molecule has 6 nitrogen and oxygen atoms in total. The summed E-state index contributed by atoms with van der Waals surface area (Å²) in [5.41, 5.74) is 2.07. The lowest BCUT2D eigenvalue weighted by Gasteiger charge is -2.19. The van der Waals surface area contributed by atoms with Gasteiger partial charge < -0.3 is 10.0 Å². The summed E-state index contributed by atoms with van der Waals surface area (Å²) in [5.74, 6) is -1.51. The topological polar surface area (TPSA) is 88.2 Å².